The van der Waals surface area contributed by atoms with Crippen LogP contribution < -0.4 is 10.5 Å². The molecule has 2 heterocycles. The zero-order valence-corrected chi connectivity index (χ0v) is 13.4. The van der Waals surface area contributed by atoms with Crippen LogP contribution in [0.5, 0.6) is 5.75 Å². The van der Waals surface area contributed by atoms with E-state index >= 15 is 0 Å². The summed E-state index contributed by atoms with van der Waals surface area (Å²) in [6, 6.07) is 5.80. The van der Waals surface area contributed by atoms with Crippen LogP contribution in [0.25, 0.3) is 11.3 Å². The van der Waals surface area contributed by atoms with Crippen LogP contribution in [0.15, 0.2) is 30.3 Å². The molecule has 0 fully saturated rings. The summed E-state index contributed by atoms with van der Waals surface area (Å²) in [7, 11) is 0. The number of halogens is 5. The SMILES string of the molecule is NCC(O)(CF)c1cc2c(c(-c3ccc(F)cc3)n1)OC[C@H]2C(F)(F)F. The van der Waals surface area contributed by atoms with Crippen LogP contribution in [0.3, 0.4) is 0 Å². The Morgan fingerprint density at radius 3 is 2.42 bits per heavy atom. The molecule has 2 atom stereocenters. The lowest BCUT2D eigenvalue weighted by Gasteiger charge is -2.24. The number of nitrogens with two attached hydrogens (primary N) is 1. The smallest absolute Gasteiger partial charge is 0.399 e. The van der Waals surface area contributed by atoms with Crippen molar-refractivity contribution in [2.24, 2.45) is 5.73 Å². The third kappa shape index (κ3) is 3.12. The monoisotopic (exact) mass is 374 g/mol. The molecule has 26 heavy (non-hydrogen) atoms. The van der Waals surface area contributed by atoms with Crippen molar-refractivity contribution in [3.05, 3.63) is 47.4 Å². The van der Waals surface area contributed by atoms with Crippen molar-refractivity contribution >= 4 is 0 Å². The number of alkyl halides is 4. The second-order valence-corrected chi connectivity index (χ2v) is 6.06. The molecule has 3 rings (SSSR count). The largest absolute Gasteiger partial charge is 0.490 e. The van der Waals surface area contributed by atoms with Crippen LogP contribution in [0.4, 0.5) is 22.0 Å². The molecule has 0 saturated carbocycles. The van der Waals surface area contributed by atoms with Gasteiger partial charge in [-0.3, -0.25) is 0 Å². The predicted octanol–water partition coefficient (Wildman–Crippen LogP) is 3.04. The van der Waals surface area contributed by atoms with Crippen molar-refractivity contribution in [2.45, 2.75) is 17.7 Å². The quantitative estimate of drug-likeness (QED) is 0.808. The maximum absolute atomic E-state index is 13.3. The van der Waals surface area contributed by atoms with Crippen LogP contribution in [-0.2, 0) is 5.60 Å². The van der Waals surface area contributed by atoms with Crippen LogP contribution >= 0.6 is 0 Å². The Morgan fingerprint density at radius 2 is 1.88 bits per heavy atom. The van der Waals surface area contributed by atoms with Gasteiger partial charge >= 0.3 is 6.18 Å². The van der Waals surface area contributed by atoms with E-state index in [4.69, 9.17) is 10.5 Å². The Hall–Kier alpha value is -2.26. The van der Waals surface area contributed by atoms with E-state index in [1.807, 2.05) is 0 Å². The first-order valence-electron chi connectivity index (χ1n) is 7.69. The third-order valence-corrected chi connectivity index (χ3v) is 4.32. The minimum Gasteiger partial charge on any atom is -0.490 e. The van der Waals surface area contributed by atoms with Crippen LogP contribution in [-0.4, -0.2) is 36.1 Å². The normalized spacial score (nSPS) is 19.0. The molecule has 9 heteroatoms. The summed E-state index contributed by atoms with van der Waals surface area (Å²) in [5, 5.41) is 10.3. The van der Waals surface area contributed by atoms with Gasteiger partial charge < -0.3 is 15.6 Å². The molecule has 0 saturated heterocycles. The van der Waals surface area contributed by atoms with Crippen molar-refractivity contribution in [3.8, 4) is 17.0 Å². The molecule has 1 aromatic carbocycles. The average molecular weight is 374 g/mol. The Labute approximate surface area is 145 Å². The van der Waals surface area contributed by atoms with Gasteiger partial charge in [0.05, 0.1) is 5.69 Å². The highest BCUT2D eigenvalue weighted by atomic mass is 19.4. The molecule has 0 bridgehead atoms. The number of hydrogen-bond acceptors (Lipinski definition) is 4. The molecule has 1 aliphatic heterocycles. The number of rotatable bonds is 4. The van der Waals surface area contributed by atoms with Gasteiger partial charge in [0.15, 0.2) is 0 Å². The highest BCUT2D eigenvalue weighted by molar-refractivity contribution is 5.70. The van der Waals surface area contributed by atoms with Crippen molar-refractivity contribution < 1.29 is 31.8 Å². The van der Waals surface area contributed by atoms with Gasteiger partial charge in [-0.15, -0.1) is 0 Å². The molecule has 3 N–H and O–H groups in total. The van der Waals surface area contributed by atoms with Crippen molar-refractivity contribution in [1.82, 2.24) is 4.98 Å². The van der Waals surface area contributed by atoms with Crippen molar-refractivity contribution in [1.29, 1.82) is 0 Å². The number of nitrogens with zero attached hydrogens (tertiary/aromatic N) is 1. The zero-order chi connectivity index (χ0) is 19.1. The summed E-state index contributed by atoms with van der Waals surface area (Å²) in [6.45, 7) is -2.56. The lowest BCUT2D eigenvalue weighted by atomic mass is 9.93. The highest BCUT2D eigenvalue weighted by Crippen LogP contribution is 2.48. The number of benzene rings is 1. The minimum atomic E-state index is -4.60. The lowest BCUT2D eigenvalue weighted by Crippen LogP contribution is -2.38. The van der Waals surface area contributed by atoms with Gasteiger partial charge in [0.2, 0.25) is 0 Å². The second kappa shape index (κ2) is 6.48. The number of hydrogen-bond donors (Lipinski definition) is 2. The number of aromatic nitrogens is 1. The van der Waals surface area contributed by atoms with E-state index < -0.39 is 43.3 Å². The standard InChI is InChI=1S/C17H15F5N2O2/c18-7-16(25,8-23)13-5-11-12(17(20,21)22)6-26-15(11)14(24-13)9-1-3-10(19)4-2-9/h1-5,12,25H,6-8,23H2/t12-,16?/m1/s1. The number of ether oxygens (including phenoxy) is 1. The van der Waals surface area contributed by atoms with E-state index in [-0.39, 0.29) is 28.3 Å². The molecule has 0 amide bonds. The maximum Gasteiger partial charge on any atom is 0.399 e. The Morgan fingerprint density at radius 1 is 1.23 bits per heavy atom. The molecular weight excluding hydrogens is 359 g/mol. The molecule has 2 aromatic rings. The Balaban J connectivity index is 2.24. The molecule has 0 radical (unpaired) electrons. The van der Waals surface area contributed by atoms with E-state index in [1.54, 1.807) is 0 Å². The van der Waals surface area contributed by atoms with E-state index in [2.05, 4.69) is 4.98 Å². The molecule has 4 nitrogen and oxygen atoms in total. The second-order valence-electron chi connectivity index (χ2n) is 6.06. The van der Waals surface area contributed by atoms with Gasteiger partial charge in [-0.1, -0.05) is 0 Å². The Kier molecular flexibility index (Phi) is 4.61. The number of fused-ring (bicyclic) bond motifs is 1. The van der Waals surface area contributed by atoms with Gasteiger partial charge in [0, 0.05) is 17.7 Å². The first-order valence-corrected chi connectivity index (χ1v) is 7.69. The van der Waals surface area contributed by atoms with E-state index in [9.17, 15) is 27.1 Å². The Bertz CT molecular complexity index is 804. The highest BCUT2D eigenvalue weighted by Gasteiger charge is 2.48. The summed E-state index contributed by atoms with van der Waals surface area (Å²) >= 11 is 0. The van der Waals surface area contributed by atoms with Gasteiger partial charge in [-0.05, 0) is 30.3 Å². The molecule has 140 valence electrons. The molecule has 1 unspecified atom stereocenters. The molecule has 0 spiro atoms. The first kappa shape index (κ1) is 18.5. The number of aliphatic hydroxyl groups is 1. The topological polar surface area (TPSA) is 68.4 Å². The van der Waals surface area contributed by atoms with Crippen LogP contribution in [0.2, 0.25) is 0 Å². The molecule has 0 aliphatic carbocycles. The first-order chi connectivity index (χ1) is 12.2. The molecule has 1 aromatic heterocycles. The van der Waals surface area contributed by atoms with E-state index in [0.29, 0.717) is 0 Å². The van der Waals surface area contributed by atoms with Crippen LogP contribution in [0, 0.1) is 5.82 Å². The average Bonchev–Trinajstić information content (AvgIpc) is 3.05. The zero-order valence-electron chi connectivity index (χ0n) is 13.4. The van der Waals surface area contributed by atoms with Gasteiger partial charge in [-0.25, -0.2) is 13.8 Å². The third-order valence-electron chi connectivity index (χ3n) is 4.32. The summed E-state index contributed by atoms with van der Waals surface area (Å²) < 4.78 is 71.6. The fourth-order valence-corrected chi connectivity index (χ4v) is 2.76. The van der Waals surface area contributed by atoms with Gasteiger partial charge in [-0.2, -0.15) is 13.2 Å². The predicted molar refractivity (Wildman–Crippen MR) is 82.8 cm³/mol. The van der Waals surface area contributed by atoms with Gasteiger partial charge in [0.1, 0.15) is 42.1 Å². The molecule has 1 aliphatic rings. The minimum absolute atomic E-state index is 0.0374. The number of pyridine rings is 1. The van der Waals surface area contributed by atoms with E-state index in [1.165, 1.54) is 12.1 Å². The summed E-state index contributed by atoms with van der Waals surface area (Å²) in [5.74, 6) is -2.61. The van der Waals surface area contributed by atoms with Gasteiger partial charge in [0.25, 0.3) is 0 Å². The fourth-order valence-electron chi connectivity index (χ4n) is 2.76. The van der Waals surface area contributed by atoms with Crippen LogP contribution in [0.1, 0.15) is 17.2 Å². The van der Waals surface area contributed by atoms with E-state index in [0.717, 1.165) is 18.2 Å². The molecular formula is C17H15F5N2O2. The van der Waals surface area contributed by atoms with Crippen molar-refractivity contribution in [3.63, 3.8) is 0 Å². The van der Waals surface area contributed by atoms with Crippen molar-refractivity contribution in [2.75, 3.05) is 19.8 Å². The summed E-state index contributed by atoms with van der Waals surface area (Å²) in [5.41, 5.74) is 2.79. The summed E-state index contributed by atoms with van der Waals surface area (Å²) in [4.78, 5) is 4.09. The maximum atomic E-state index is 13.3. The lowest BCUT2D eigenvalue weighted by molar-refractivity contribution is -0.151. The summed E-state index contributed by atoms with van der Waals surface area (Å²) in [6.07, 6.45) is -4.60. The fraction of sp³-hybridized carbons (Fsp3) is 0.353.